The molecule has 1 atom stereocenters. The number of nitrogens with one attached hydrogen (secondary N) is 1. The van der Waals surface area contributed by atoms with Gasteiger partial charge in [-0.05, 0) is 25.5 Å². The van der Waals surface area contributed by atoms with Crippen molar-refractivity contribution in [1.82, 2.24) is 5.32 Å². The molecule has 0 fully saturated rings. The fourth-order valence-electron chi connectivity index (χ4n) is 1.89. The average Bonchev–Trinajstić information content (AvgIpc) is 2.23. The number of likely N-dealkylation sites (N-methyl/N-ethyl adjacent to an activating group) is 1. The highest BCUT2D eigenvalue weighted by Gasteiger charge is 2.24. The van der Waals surface area contributed by atoms with Crippen molar-refractivity contribution in [3.05, 3.63) is 39.4 Å². The van der Waals surface area contributed by atoms with E-state index in [4.69, 9.17) is 0 Å². The van der Waals surface area contributed by atoms with Gasteiger partial charge in [-0.25, -0.2) is 4.39 Å². The molecule has 18 heavy (non-hydrogen) atoms. The van der Waals surface area contributed by atoms with Crippen LogP contribution >= 0.6 is 0 Å². The molecule has 0 aliphatic rings. The van der Waals surface area contributed by atoms with Crippen molar-refractivity contribution in [2.45, 2.75) is 26.3 Å². The monoisotopic (exact) mass is 258 g/mol. The Balaban J connectivity index is 3.18. The van der Waals surface area contributed by atoms with E-state index in [1.165, 1.54) is 0 Å². The van der Waals surface area contributed by atoms with Crippen LogP contribution in [0.3, 0.4) is 0 Å². The predicted octanol–water partition coefficient (Wildman–Crippen LogP) is 2.66. The van der Waals surface area contributed by atoms with Crippen LogP contribution in [-0.4, -0.2) is 18.0 Å². The van der Waals surface area contributed by atoms with E-state index in [1.807, 2.05) is 13.8 Å². The summed E-state index contributed by atoms with van der Waals surface area (Å²) in [6.45, 7) is 3.87. The van der Waals surface area contributed by atoms with Gasteiger partial charge >= 0.3 is 5.69 Å². The molecule has 0 saturated carbocycles. The van der Waals surface area contributed by atoms with E-state index >= 15 is 0 Å². The summed E-state index contributed by atoms with van der Waals surface area (Å²) < 4.78 is 26.6. The van der Waals surface area contributed by atoms with Crippen LogP contribution < -0.4 is 5.32 Å². The van der Waals surface area contributed by atoms with Crippen molar-refractivity contribution in [3.63, 3.8) is 0 Å². The summed E-state index contributed by atoms with van der Waals surface area (Å²) in [6, 6.07) is 1.48. The highest BCUT2D eigenvalue weighted by atomic mass is 19.1. The lowest BCUT2D eigenvalue weighted by molar-refractivity contribution is -0.388. The first-order valence-corrected chi connectivity index (χ1v) is 5.66. The van der Waals surface area contributed by atoms with Crippen LogP contribution in [0.5, 0.6) is 0 Å². The number of benzene rings is 1. The predicted molar refractivity (Wildman–Crippen MR) is 64.4 cm³/mol. The lowest BCUT2D eigenvalue weighted by atomic mass is 9.95. The lowest BCUT2D eigenvalue weighted by Crippen LogP contribution is -2.33. The zero-order chi connectivity index (χ0) is 13.9. The fourth-order valence-corrected chi connectivity index (χ4v) is 1.89. The van der Waals surface area contributed by atoms with Crippen molar-refractivity contribution in [2.75, 3.05) is 7.05 Å². The number of hydrogen-bond acceptors (Lipinski definition) is 3. The minimum atomic E-state index is -1.13. The summed E-state index contributed by atoms with van der Waals surface area (Å²) >= 11 is 0. The maximum Gasteiger partial charge on any atom is 0.308 e. The van der Waals surface area contributed by atoms with Gasteiger partial charge in [-0.2, -0.15) is 4.39 Å². The molecule has 1 unspecified atom stereocenters. The third kappa shape index (κ3) is 3.22. The number of nitro benzene ring substituents is 1. The van der Waals surface area contributed by atoms with Crippen LogP contribution in [0.15, 0.2) is 12.1 Å². The third-order valence-corrected chi connectivity index (χ3v) is 2.91. The summed E-state index contributed by atoms with van der Waals surface area (Å²) in [5.74, 6) is -1.73. The zero-order valence-electron chi connectivity index (χ0n) is 10.5. The minimum Gasteiger partial charge on any atom is -0.316 e. The van der Waals surface area contributed by atoms with Crippen molar-refractivity contribution in [3.8, 4) is 0 Å². The molecule has 4 nitrogen and oxygen atoms in total. The summed E-state index contributed by atoms with van der Waals surface area (Å²) in [5.41, 5.74) is -0.567. The Kier molecular flexibility index (Phi) is 4.72. The molecule has 0 bridgehead atoms. The molecule has 0 aromatic heterocycles. The van der Waals surface area contributed by atoms with Gasteiger partial charge in [0.2, 0.25) is 5.82 Å². The topological polar surface area (TPSA) is 55.2 Å². The van der Waals surface area contributed by atoms with Crippen molar-refractivity contribution >= 4 is 5.69 Å². The average molecular weight is 258 g/mol. The van der Waals surface area contributed by atoms with Gasteiger partial charge in [-0.3, -0.25) is 10.1 Å². The Labute approximate surface area is 104 Å². The van der Waals surface area contributed by atoms with E-state index in [1.54, 1.807) is 7.05 Å². The molecule has 0 saturated heterocycles. The molecule has 0 radical (unpaired) electrons. The Morgan fingerprint density at radius 3 is 2.44 bits per heavy atom. The van der Waals surface area contributed by atoms with E-state index in [2.05, 4.69) is 5.32 Å². The summed E-state index contributed by atoms with van der Waals surface area (Å²) in [4.78, 5) is 10.0. The van der Waals surface area contributed by atoms with Crippen LogP contribution in [-0.2, 0) is 6.42 Å². The molecule has 0 aliphatic heterocycles. The first-order chi connectivity index (χ1) is 8.36. The van der Waals surface area contributed by atoms with Gasteiger partial charge in [0.1, 0.15) is 5.82 Å². The quantitative estimate of drug-likeness (QED) is 0.652. The number of rotatable bonds is 5. The fraction of sp³-hybridized carbons (Fsp3) is 0.500. The van der Waals surface area contributed by atoms with Gasteiger partial charge in [0.25, 0.3) is 0 Å². The summed E-state index contributed by atoms with van der Waals surface area (Å²) in [6.07, 6.45) is 0.208. The molecule has 1 aromatic rings. The Morgan fingerprint density at radius 1 is 1.39 bits per heavy atom. The Bertz CT molecular complexity index is 450. The molecule has 0 aliphatic carbocycles. The number of nitro groups is 1. The van der Waals surface area contributed by atoms with Crippen molar-refractivity contribution in [2.24, 2.45) is 5.92 Å². The summed E-state index contributed by atoms with van der Waals surface area (Å²) in [5, 5.41) is 13.8. The van der Waals surface area contributed by atoms with Crippen LogP contribution in [0.25, 0.3) is 0 Å². The standard InChI is InChI=1S/C12H16F2N2O2/c1-7(2)11(15-3)5-8-4-9(13)6-10(14)12(8)16(17)18/h4,6-7,11,15H,5H2,1-3H3. The van der Waals surface area contributed by atoms with E-state index in [0.717, 1.165) is 6.07 Å². The van der Waals surface area contributed by atoms with Crippen LogP contribution in [0, 0.1) is 27.7 Å². The second-order valence-corrected chi connectivity index (χ2v) is 4.50. The molecule has 1 aromatic carbocycles. The van der Waals surface area contributed by atoms with Gasteiger partial charge in [-0.1, -0.05) is 13.8 Å². The highest BCUT2D eigenvalue weighted by Crippen LogP contribution is 2.26. The lowest BCUT2D eigenvalue weighted by Gasteiger charge is -2.20. The van der Waals surface area contributed by atoms with Crippen molar-refractivity contribution < 1.29 is 13.7 Å². The van der Waals surface area contributed by atoms with E-state index in [0.29, 0.717) is 6.07 Å². The Hall–Kier alpha value is -1.56. The van der Waals surface area contributed by atoms with Gasteiger partial charge < -0.3 is 5.32 Å². The molecule has 0 heterocycles. The molecule has 0 amide bonds. The van der Waals surface area contributed by atoms with E-state index in [9.17, 15) is 18.9 Å². The number of halogens is 2. The van der Waals surface area contributed by atoms with Gasteiger partial charge in [0, 0.05) is 17.7 Å². The maximum absolute atomic E-state index is 13.4. The normalized spacial score (nSPS) is 12.8. The zero-order valence-corrected chi connectivity index (χ0v) is 10.5. The first kappa shape index (κ1) is 14.5. The second kappa shape index (κ2) is 5.86. The van der Waals surface area contributed by atoms with E-state index < -0.39 is 22.2 Å². The Morgan fingerprint density at radius 2 is 2.00 bits per heavy atom. The molecule has 0 spiro atoms. The van der Waals surface area contributed by atoms with Crippen LogP contribution in [0.1, 0.15) is 19.4 Å². The maximum atomic E-state index is 13.4. The van der Waals surface area contributed by atoms with Gasteiger partial charge in [0.15, 0.2) is 0 Å². The molecule has 6 heteroatoms. The smallest absolute Gasteiger partial charge is 0.308 e. The molecule has 1 rings (SSSR count). The molecular weight excluding hydrogens is 242 g/mol. The molecule has 100 valence electrons. The largest absolute Gasteiger partial charge is 0.316 e. The van der Waals surface area contributed by atoms with E-state index in [-0.39, 0.29) is 23.9 Å². The third-order valence-electron chi connectivity index (χ3n) is 2.91. The first-order valence-electron chi connectivity index (χ1n) is 5.66. The highest BCUT2D eigenvalue weighted by molar-refractivity contribution is 5.42. The minimum absolute atomic E-state index is 0.0746. The van der Waals surface area contributed by atoms with Crippen LogP contribution in [0.4, 0.5) is 14.5 Å². The SMILES string of the molecule is CNC(Cc1cc(F)cc(F)c1[N+](=O)[O-])C(C)C. The number of nitrogens with zero attached hydrogens (tertiary/aromatic N) is 1. The number of hydrogen-bond donors (Lipinski definition) is 1. The molecule has 1 N–H and O–H groups in total. The van der Waals surface area contributed by atoms with Crippen LogP contribution in [0.2, 0.25) is 0 Å². The van der Waals surface area contributed by atoms with Crippen molar-refractivity contribution in [1.29, 1.82) is 0 Å². The second-order valence-electron chi connectivity index (χ2n) is 4.50. The summed E-state index contributed by atoms with van der Waals surface area (Å²) in [7, 11) is 1.71. The van der Waals surface area contributed by atoms with Gasteiger partial charge in [-0.15, -0.1) is 0 Å². The molecular formula is C12H16F2N2O2. The van der Waals surface area contributed by atoms with Gasteiger partial charge in [0.05, 0.1) is 4.92 Å².